The molecule has 0 aromatic carbocycles. The van der Waals surface area contributed by atoms with E-state index in [1.54, 1.807) is 0 Å². The molecular weight excluding hydrogens is 260 g/mol. The average Bonchev–Trinajstić information content (AvgIpc) is 3.12. The van der Waals surface area contributed by atoms with Crippen LogP contribution in [0.2, 0.25) is 0 Å². The third-order valence-corrected chi connectivity index (χ3v) is 5.22. The fourth-order valence-corrected chi connectivity index (χ4v) is 4.12. The Kier molecular flexibility index (Phi) is 5.82. The fourth-order valence-electron chi connectivity index (χ4n) is 4.12. The Morgan fingerprint density at radius 3 is 2.52 bits per heavy atom. The topological polar surface area (TPSA) is 47.1 Å². The number of aromatic nitrogens is 2. The largest absolute Gasteiger partial charge is 0.335 e. The maximum Gasteiger partial charge on any atom is 0.110 e. The van der Waals surface area contributed by atoms with E-state index in [1.165, 1.54) is 25.7 Å². The summed E-state index contributed by atoms with van der Waals surface area (Å²) in [4.78, 5) is 7.15. The van der Waals surface area contributed by atoms with Gasteiger partial charge in [-0.2, -0.15) is 0 Å². The highest BCUT2D eigenvalue weighted by atomic mass is 15.2. The van der Waals surface area contributed by atoms with E-state index < -0.39 is 0 Å². The second-order valence-electron chi connectivity index (χ2n) is 6.33. The van der Waals surface area contributed by atoms with Gasteiger partial charge in [-0.25, -0.2) is 4.98 Å². The first kappa shape index (κ1) is 16.5. The zero-order valence-corrected chi connectivity index (χ0v) is 14.0. The molecule has 2 rings (SSSR count). The smallest absolute Gasteiger partial charge is 0.110 e. The van der Waals surface area contributed by atoms with Crippen LogP contribution in [0.5, 0.6) is 0 Å². The predicted octanol–water partition coefficient (Wildman–Crippen LogP) is 2.82. The molecule has 1 aliphatic carbocycles. The van der Waals surface area contributed by atoms with Crippen molar-refractivity contribution < 1.29 is 0 Å². The van der Waals surface area contributed by atoms with E-state index in [0.29, 0.717) is 0 Å². The molecule has 0 aliphatic heterocycles. The molecule has 120 valence electrons. The lowest BCUT2D eigenvalue weighted by molar-refractivity contribution is 0.0762. The van der Waals surface area contributed by atoms with Crippen LogP contribution in [0.1, 0.15) is 58.7 Å². The van der Waals surface area contributed by atoms with Gasteiger partial charge in [-0.3, -0.25) is 4.90 Å². The van der Waals surface area contributed by atoms with Crippen LogP contribution in [0, 0.1) is 0 Å². The van der Waals surface area contributed by atoms with Crippen LogP contribution in [0.15, 0.2) is 12.4 Å². The molecule has 0 radical (unpaired) electrons. The van der Waals surface area contributed by atoms with Gasteiger partial charge in [0.2, 0.25) is 0 Å². The minimum absolute atomic E-state index is 0.179. The average molecular weight is 292 g/mol. The molecule has 1 atom stereocenters. The normalized spacial score (nSPS) is 19.3. The number of aryl methyl sites for hydroxylation is 1. The van der Waals surface area contributed by atoms with Crippen molar-refractivity contribution in [3.63, 3.8) is 0 Å². The minimum atomic E-state index is 0.179. The Morgan fingerprint density at radius 1 is 1.29 bits per heavy atom. The van der Waals surface area contributed by atoms with Gasteiger partial charge in [-0.05, 0) is 32.4 Å². The van der Waals surface area contributed by atoms with Crippen LogP contribution in [-0.2, 0) is 13.0 Å². The highest BCUT2D eigenvalue weighted by Gasteiger charge is 2.43. The predicted molar refractivity (Wildman–Crippen MR) is 88.3 cm³/mol. The van der Waals surface area contributed by atoms with Crippen LogP contribution >= 0.6 is 0 Å². The molecular formula is C17H32N4. The SMILES string of the molecule is CCCn1ccnc1CC(N)C1(N(CC)CC)CCCC1. The van der Waals surface area contributed by atoms with Crippen LogP contribution in [0.4, 0.5) is 0 Å². The zero-order chi connectivity index (χ0) is 15.3. The summed E-state index contributed by atoms with van der Waals surface area (Å²) in [6.07, 6.45) is 11.1. The quantitative estimate of drug-likeness (QED) is 0.801. The third kappa shape index (κ3) is 3.32. The number of hydrogen-bond acceptors (Lipinski definition) is 3. The summed E-state index contributed by atoms with van der Waals surface area (Å²) in [5, 5.41) is 0. The molecule has 1 aliphatic rings. The first-order chi connectivity index (χ1) is 10.2. The molecule has 21 heavy (non-hydrogen) atoms. The van der Waals surface area contributed by atoms with Crippen molar-refractivity contribution in [1.82, 2.24) is 14.5 Å². The summed E-state index contributed by atoms with van der Waals surface area (Å²) in [7, 11) is 0. The molecule has 0 bridgehead atoms. The summed E-state index contributed by atoms with van der Waals surface area (Å²) in [5.41, 5.74) is 6.91. The number of imidazole rings is 1. The monoisotopic (exact) mass is 292 g/mol. The second kappa shape index (κ2) is 7.41. The van der Waals surface area contributed by atoms with Gasteiger partial charge in [-0.15, -0.1) is 0 Å². The molecule has 1 aromatic heterocycles. The highest BCUT2D eigenvalue weighted by Crippen LogP contribution is 2.38. The molecule has 1 fully saturated rings. The molecule has 0 saturated heterocycles. The van der Waals surface area contributed by atoms with Crippen molar-refractivity contribution in [3.05, 3.63) is 18.2 Å². The molecule has 0 amide bonds. The lowest BCUT2D eigenvalue weighted by atomic mass is 9.84. The van der Waals surface area contributed by atoms with Crippen LogP contribution in [-0.4, -0.2) is 39.1 Å². The molecule has 2 N–H and O–H groups in total. The maximum atomic E-state index is 6.73. The maximum absolute atomic E-state index is 6.73. The van der Waals surface area contributed by atoms with Gasteiger partial charge >= 0.3 is 0 Å². The number of nitrogens with two attached hydrogens (primary N) is 1. The first-order valence-electron chi connectivity index (χ1n) is 8.68. The molecule has 1 heterocycles. The summed E-state index contributed by atoms with van der Waals surface area (Å²) >= 11 is 0. The van der Waals surface area contributed by atoms with Gasteiger partial charge in [-0.1, -0.05) is 33.6 Å². The Labute approximate surface area is 129 Å². The minimum Gasteiger partial charge on any atom is -0.335 e. The van der Waals surface area contributed by atoms with Crippen LogP contribution < -0.4 is 5.73 Å². The van der Waals surface area contributed by atoms with Crippen molar-refractivity contribution in [2.45, 2.75) is 77.4 Å². The molecule has 4 nitrogen and oxygen atoms in total. The molecule has 1 aromatic rings. The van der Waals surface area contributed by atoms with E-state index in [2.05, 4.69) is 41.4 Å². The van der Waals surface area contributed by atoms with Gasteiger partial charge in [0.25, 0.3) is 0 Å². The van der Waals surface area contributed by atoms with E-state index in [1.807, 2.05) is 6.20 Å². The van der Waals surface area contributed by atoms with Crippen molar-refractivity contribution in [1.29, 1.82) is 0 Å². The third-order valence-electron chi connectivity index (χ3n) is 5.22. The summed E-state index contributed by atoms with van der Waals surface area (Å²) < 4.78 is 2.27. The first-order valence-corrected chi connectivity index (χ1v) is 8.68. The van der Waals surface area contributed by atoms with E-state index >= 15 is 0 Å². The van der Waals surface area contributed by atoms with E-state index in [4.69, 9.17) is 5.73 Å². The number of rotatable bonds is 8. The van der Waals surface area contributed by atoms with Crippen LogP contribution in [0.25, 0.3) is 0 Å². The highest BCUT2D eigenvalue weighted by molar-refractivity contribution is 5.07. The van der Waals surface area contributed by atoms with Gasteiger partial charge in [0.15, 0.2) is 0 Å². The van der Waals surface area contributed by atoms with Crippen molar-refractivity contribution in [3.8, 4) is 0 Å². The zero-order valence-electron chi connectivity index (χ0n) is 14.0. The number of hydrogen-bond donors (Lipinski definition) is 1. The van der Waals surface area contributed by atoms with E-state index in [9.17, 15) is 0 Å². The Morgan fingerprint density at radius 2 is 1.95 bits per heavy atom. The molecule has 1 saturated carbocycles. The van der Waals surface area contributed by atoms with E-state index in [0.717, 1.165) is 38.3 Å². The van der Waals surface area contributed by atoms with Gasteiger partial charge in [0.1, 0.15) is 5.82 Å². The Bertz CT molecular complexity index is 416. The standard InChI is InChI=1S/C17H32N4/c1-4-12-20-13-11-19-16(20)14-15(18)17(9-7-8-10-17)21(5-2)6-3/h11,13,15H,4-10,12,14,18H2,1-3H3. The second-order valence-corrected chi connectivity index (χ2v) is 6.33. The van der Waals surface area contributed by atoms with E-state index in [-0.39, 0.29) is 11.6 Å². The summed E-state index contributed by atoms with van der Waals surface area (Å²) in [5.74, 6) is 1.16. The number of likely N-dealkylation sites (N-methyl/N-ethyl adjacent to an activating group) is 1. The van der Waals surface area contributed by atoms with Crippen molar-refractivity contribution in [2.75, 3.05) is 13.1 Å². The molecule has 1 unspecified atom stereocenters. The van der Waals surface area contributed by atoms with Gasteiger partial charge in [0, 0.05) is 36.9 Å². The Hall–Kier alpha value is -0.870. The lowest BCUT2D eigenvalue weighted by Crippen LogP contribution is -2.59. The van der Waals surface area contributed by atoms with Crippen LogP contribution in [0.3, 0.4) is 0 Å². The Balaban J connectivity index is 2.15. The molecule has 0 spiro atoms. The summed E-state index contributed by atoms with van der Waals surface area (Å²) in [6, 6.07) is 0.179. The molecule has 4 heteroatoms. The lowest BCUT2D eigenvalue weighted by Gasteiger charge is -2.44. The van der Waals surface area contributed by atoms with Gasteiger partial charge < -0.3 is 10.3 Å². The number of nitrogens with zero attached hydrogens (tertiary/aromatic N) is 3. The summed E-state index contributed by atoms with van der Waals surface area (Å²) in [6.45, 7) is 9.95. The fraction of sp³-hybridized carbons (Fsp3) is 0.824. The van der Waals surface area contributed by atoms with Gasteiger partial charge in [0.05, 0.1) is 0 Å². The van der Waals surface area contributed by atoms with Crippen molar-refractivity contribution in [2.24, 2.45) is 5.73 Å². The van der Waals surface area contributed by atoms with Crippen molar-refractivity contribution >= 4 is 0 Å².